The summed E-state index contributed by atoms with van der Waals surface area (Å²) in [4.78, 5) is 15.1. The van der Waals surface area contributed by atoms with E-state index in [0.717, 1.165) is 40.2 Å². The van der Waals surface area contributed by atoms with Crippen molar-refractivity contribution >= 4 is 43.5 Å². The lowest BCUT2D eigenvalue weighted by atomic mass is 9.92. The number of aliphatic hydroxyl groups is 1. The summed E-state index contributed by atoms with van der Waals surface area (Å²) >= 11 is 7.10. The van der Waals surface area contributed by atoms with Crippen LogP contribution in [0.15, 0.2) is 39.3 Å². The maximum atomic E-state index is 12.9. The summed E-state index contributed by atoms with van der Waals surface area (Å²) < 4.78 is 6.78. The maximum Gasteiger partial charge on any atom is 0.255 e. The molecule has 1 amide bonds. The number of ether oxygens (including phenoxy) is 1. The normalized spacial score (nSPS) is 19.0. The molecular weight excluding hydrogens is 516 g/mol. The molecule has 0 saturated heterocycles. The van der Waals surface area contributed by atoms with Crippen LogP contribution in [0.4, 0.5) is 5.69 Å². The second-order valence-corrected chi connectivity index (χ2v) is 9.42. The summed E-state index contributed by atoms with van der Waals surface area (Å²) in [5, 5.41) is 22.8. The fourth-order valence-corrected chi connectivity index (χ4v) is 5.25. The molecule has 1 fully saturated rings. The van der Waals surface area contributed by atoms with E-state index in [0.29, 0.717) is 23.8 Å². The Kier molecular flexibility index (Phi) is 7.79. The number of amides is 1. The molecule has 0 radical (unpaired) electrons. The number of aromatic hydroxyl groups is 1. The fraction of sp³-hybridized carbons (Fsp3) is 0.409. The number of rotatable bonds is 6. The molecule has 2 aromatic rings. The smallest absolute Gasteiger partial charge is 0.255 e. The SMILES string of the molecule is COc1cc(C(=O)Nc2c(Br)cc(Br)cc2CN(C)[C@H]2CCC[C@H](O)C2)ccc1O. The average molecular weight is 542 g/mol. The number of anilines is 1. The number of hydrogen-bond donors (Lipinski definition) is 3. The molecule has 0 aliphatic heterocycles. The summed E-state index contributed by atoms with van der Waals surface area (Å²) in [7, 11) is 3.49. The van der Waals surface area contributed by atoms with Crippen LogP contribution in [0, 0.1) is 0 Å². The number of phenols is 1. The van der Waals surface area contributed by atoms with E-state index in [2.05, 4.69) is 42.1 Å². The van der Waals surface area contributed by atoms with Crippen molar-refractivity contribution < 1.29 is 19.7 Å². The zero-order valence-corrected chi connectivity index (χ0v) is 20.2. The highest BCUT2D eigenvalue weighted by Gasteiger charge is 2.25. The molecule has 0 bridgehead atoms. The minimum atomic E-state index is -0.298. The number of methoxy groups -OCH3 is 1. The van der Waals surface area contributed by atoms with Crippen molar-refractivity contribution in [1.29, 1.82) is 0 Å². The molecule has 3 rings (SSSR count). The molecule has 0 spiro atoms. The van der Waals surface area contributed by atoms with Crippen molar-refractivity contribution in [3.8, 4) is 11.5 Å². The predicted octanol–water partition coefficient (Wildman–Crippen LogP) is 4.91. The highest BCUT2D eigenvalue weighted by atomic mass is 79.9. The molecule has 6 nitrogen and oxygen atoms in total. The Labute approximate surface area is 193 Å². The predicted molar refractivity (Wildman–Crippen MR) is 124 cm³/mol. The molecule has 8 heteroatoms. The van der Waals surface area contributed by atoms with Crippen LogP contribution < -0.4 is 10.1 Å². The van der Waals surface area contributed by atoms with Crippen LogP contribution in [0.25, 0.3) is 0 Å². The minimum Gasteiger partial charge on any atom is -0.504 e. The van der Waals surface area contributed by atoms with Gasteiger partial charge in [0, 0.05) is 27.1 Å². The van der Waals surface area contributed by atoms with Crippen LogP contribution in [0.1, 0.15) is 41.6 Å². The second kappa shape index (κ2) is 10.1. The first-order chi connectivity index (χ1) is 14.3. The van der Waals surface area contributed by atoms with Gasteiger partial charge in [-0.25, -0.2) is 0 Å². The van der Waals surface area contributed by atoms with Crippen LogP contribution in [0.2, 0.25) is 0 Å². The highest BCUT2D eigenvalue weighted by Crippen LogP contribution is 2.34. The molecule has 0 unspecified atom stereocenters. The maximum absolute atomic E-state index is 12.9. The Hall–Kier alpha value is -1.61. The number of nitrogens with one attached hydrogen (secondary N) is 1. The van der Waals surface area contributed by atoms with Crippen molar-refractivity contribution in [3.63, 3.8) is 0 Å². The molecule has 2 aromatic carbocycles. The number of phenolic OH excluding ortho intramolecular Hbond substituents is 1. The number of benzene rings is 2. The Morgan fingerprint density at radius 3 is 2.73 bits per heavy atom. The lowest BCUT2D eigenvalue weighted by Crippen LogP contribution is -2.37. The number of aliphatic hydroxyl groups excluding tert-OH is 1. The van der Waals surface area contributed by atoms with Gasteiger partial charge in [0.1, 0.15) is 0 Å². The van der Waals surface area contributed by atoms with Gasteiger partial charge in [-0.05, 0) is 84.6 Å². The molecule has 0 heterocycles. The lowest BCUT2D eigenvalue weighted by Gasteiger charge is -2.34. The monoisotopic (exact) mass is 540 g/mol. The number of hydrogen-bond acceptors (Lipinski definition) is 5. The second-order valence-electron chi connectivity index (χ2n) is 7.65. The van der Waals surface area contributed by atoms with Crippen LogP contribution in [0.5, 0.6) is 11.5 Å². The Balaban J connectivity index is 1.83. The molecule has 162 valence electrons. The summed E-state index contributed by atoms with van der Waals surface area (Å²) in [6.07, 6.45) is 3.46. The molecule has 1 aliphatic carbocycles. The Morgan fingerprint density at radius 1 is 1.27 bits per heavy atom. The first-order valence-electron chi connectivity index (χ1n) is 9.83. The van der Waals surface area contributed by atoms with Gasteiger partial charge in [-0.1, -0.05) is 15.9 Å². The van der Waals surface area contributed by atoms with E-state index >= 15 is 0 Å². The molecule has 2 atom stereocenters. The third kappa shape index (κ3) is 5.55. The summed E-state index contributed by atoms with van der Waals surface area (Å²) in [5.41, 5.74) is 2.03. The lowest BCUT2D eigenvalue weighted by molar-refractivity contribution is 0.0701. The van der Waals surface area contributed by atoms with E-state index in [1.165, 1.54) is 19.2 Å². The quantitative estimate of drug-likeness (QED) is 0.484. The molecule has 0 aromatic heterocycles. The van der Waals surface area contributed by atoms with Crippen LogP contribution in [0.3, 0.4) is 0 Å². The molecule has 3 N–H and O–H groups in total. The first kappa shape index (κ1) is 23.1. The van der Waals surface area contributed by atoms with Gasteiger partial charge >= 0.3 is 0 Å². The van der Waals surface area contributed by atoms with E-state index < -0.39 is 0 Å². The van der Waals surface area contributed by atoms with E-state index in [1.54, 1.807) is 6.07 Å². The Morgan fingerprint density at radius 2 is 2.03 bits per heavy atom. The van der Waals surface area contributed by atoms with Crippen LogP contribution in [-0.4, -0.2) is 47.3 Å². The summed E-state index contributed by atoms with van der Waals surface area (Å²) in [6, 6.07) is 8.68. The van der Waals surface area contributed by atoms with Crippen molar-refractivity contribution in [2.75, 3.05) is 19.5 Å². The largest absolute Gasteiger partial charge is 0.504 e. The van der Waals surface area contributed by atoms with Gasteiger partial charge in [0.25, 0.3) is 5.91 Å². The number of nitrogens with zero attached hydrogens (tertiary/aromatic N) is 1. The van der Waals surface area contributed by atoms with E-state index in [4.69, 9.17) is 4.74 Å². The van der Waals surface area contributed by atoms with Crippen molar-refractivity contribution in [2.45, 2.75) is 44.4 Å². The molecule has 1 aliphatic rings. The van der Waals surface area contributed by atoms with Gasteiger partial charge in [0.15, 0.2) is 11.5 Å². The van der Waals surface area contributed by atoms with Gasteiger partial charge in [0.2, 0.25) is 0 Å². The van der Waals surface area contributed by atoms with Gasteiger partial charge < -0.3 is 20.3 Å². The topological polar surface area (TPSA) is 82.0 Å². The Bertz CT molecular complexity index is 922. The zero-order chi connectivity index (χ0) is 21.8. The fourth-order valence-electron chi connectivity index (χ4n) is 3.83. The van der Waals surface area contributed by atoms with Crippen molar-refractivity contribution in [3.05, 3.63) is 50.4 Å². The first-order valence-corrected chi connectivity index (χ1v) is 11.4. The number of halogens is 2. The summed E-state index contributed by atoms with van der Waals surface area (Å²) in [6.45, 7) is 0.629. The molecule has 30 heavy (non-hydrogen) atoms. The molecule has 1 saturated carbocycles. The van der Waals surface area contributed by atoms with E-state index in [1.807, 2.05) is 19.2 Å². The highest BCUT2D eigenvalue weighted by molar-refractivity contribution is 9.11. The minimum absolute atomic E-state index is 0.0177. The zero-order valence-electron chi connectivity index (χ0n) is 17.0. The number of carbonyl (C=O) groups is 1. The van der Waals surface area contributed by atoms with Crippen molar-refractivity contribution in [1.82, 2.24) is 4.90 Å². The van der Waals surface area contributed by atoms with Gasteiger partial charge in [0.05, 0.1) is 18.9 Å². The van der Waals surface area contributed by atoms with E-state index in [9.17, 15) is 15.0 Å². The van der Waals surface area contributed by atoms with Crippen LogP contribution >= 0.6 is 31.9 Å². The molecular formula is C22H26Br2N2O4. The summed E-state index contributed by atoms with van der Waals surface area (Å²) in [5.74, 6) is -0.0718. The van der Waals surface area contributed by atoms with Gasteiger partial charge in [-0.3, -0.25) is 9.69 Å². The van der Waals surface area contributed by atoms with Crippen LogP contribution in [-0.2, 0) is 6.54 Å². The van der Waals surface area contributed by atoms with Crippen molar-refractivity contribution in [2.24, 2.45) is 0 Å². The van der Waals surface area contributed by atoms with Gasteiger partial charge in [-0.2, -0.15) is 0 Å². The van der Waals surface area contributed by atoms with Gasteiger partial charge in [-0.15, -0.1) is 0 Å². The number of carbonyl (C=O) groups excluding carboxylic acids is 1. The average Bonchev–Trinajstić information content (AvgIpc) is 2.70. The van der Waals surface area contributed by atoms with E-state index in [-0.39, 0.29) is 23.5 Å². The standard InChI is InChI=1S/C22H26Br2N2O4/c1-26(16-4-3-5-17(27)11-16)12-14-8-15(23)10-18(24)21(14)25-22(29)13-6-7-19(28)20(9-13)30-2/h6-10,16-17,27-28H,3-5,11-12H2,1-2H3,(H,25,29)/t16-,17-/m0/s1. The third-order valence-electron chi connectivity index (χ3n) is 5.48. The third-order valence-corrected chi connectivity index (χ3v) is 6.56.